The molecule has 0 aromatic rings. The highest BCUT2D eigenvalue weighted by Gasteiger charge is 1.89. The second-order valence-electron chi connectivity index (χ2n) is 3.54. The number of nitrogens with one attached hydrogen (secondary N) is 5. The van der Waals surface area contributed by atoms with Crippen LogP contribution in [0.15, 0.2) is 15.1 Å². The first-order valence-electron chi connectivity index (χ1n) is 5.86. The lowest BCUT2D eigenvalue weighted by Crippen LogP contribution is -2.44. The van der Waals surface area contributed by atoms with Crippen molar-refractivity contribution >= 4 is 35.8 Å². The zero-order valence-corrected chi connectivity index (χ0v) is 13.2. The molecule has 0 amide bonds. The largest absolute Gasteiger partial charge is 0.370 e. The van der Waals surface area contributed by atoms with E-state index in [4.69, 9.17) is 73.6 Å². The third kappa shape index (κ3) is 38.3. The van der Waals surface area contributed by atoms with E-state index in [0.717, 1.165) is 0 Å². The summed E-state index contributed by atoms with van der Waals surface area (Å²) in [6, 6.07) is 0. The predicted octanol–water partition coefficient (Wildman–Crippen LogP) is -7.20. The van der Waals surface area contributed by atoms with Gasteiger partial charge in [0, 0.05) is 0 Å². The maximum absolute atomic E-state index is 6.85. The minimum absolute atomic E-state index is 0.0918. The number of hydrazone groups is 1. The summed E-state index contributed by atoms with van der Waals surface area (Å²) in [7, 11) is 0. The Morgan fingerprint density at radius 1 is 0.680 bits per heavy atom. The molecule has 0 radical (unpaired) electrons. The molecule has 18 heteroatoms. The van der Waals surface area contributed by atoms with Crippen molar-refractivity contribution in [1.29, 1.82) is 16.2 Å². The number of guanidine groups is 6. The standard InChI is InChI=1S/C3H9N7.C2H10N6.C2H7N5/c4-1(5)9-3(8)10-2(6)7;3-1(4)7-8-2(5)6;3-1(4)7-2(5)6/h(H9,4,5,6,7,8,9,10);1,7H,3-4H2,(H4,5,6,8);(H7,3,4,5,6,7). The third-order valence-corrected chi connectivity index (χ3v) is 1.08. The van der Waals surface area contributed by atoms with E-state index >= 15 is 0 Å². The molecule has 0 spiro atoms. The normalized spacial score (nSPS) is 8.12. The molecule has 0 aliphatic rings. The van der Waals surface area contributed by atoms with Gasteiger partial charge in [-0.05, 0) is 0 Å². The zero-order valence-electron chi connectivity index (χ0n) is 13.2. The van der Waals surface area contributed by atoms with E-state index < -0.39 is 12.2 Å². The van der Waals surface area contributed by atoms with Gasteiger partial charge >= 0.3 is 0 Å². The van der Waals surface area contributed by atoms with Crippen molar-refractivity contribution in [2.24, 2.45) is 72.4 Å². The fraction of sp³-hybridized carbons (Fsp3) is 0.143. The molecule has 0 aliphatic heterocycles. The predicted molar refractivity (Wildman–Crippen MR) is 97.4 cm³/mol. The molecule has 0 aromatic heterocycles. The Bertz CT molecular complexity index is 468. The van der Waals surface area contributed by atoms with Gasteiger partial charge in [-0.1, -0.05) is 0 Å². The van der Waals surface area contributed by atoms with Gasteiger partial charge in [-0.2, -0.15) is 9.98 Å². The molecule has 0 saturated carbocycles. The number of nitrogens with two attached hydrogens (primary N) is 10. The summed E-state index contributed by atoms with van der Waals surface area (Å²) in [6.07, 6.45) is -0.711. The van der Waals surface area contributed by atoms with Gasteiger partial charge in [0.05, 0.1) is 0 Å². The third-order valence-electron chi connectivity index (χ3n) is 1.08. The average Bonchev–Trinajstić information content (AvgIpc) is 2.33. The molecule has 0 heterocycles. The topological polar surface area (TPSA) is 393 Å². The quantitative estimate of drug-likeness (QED) is 0.0941. The van der Waals surface area contributed by atoms with Crippen molar-refractivity contribution in [3.63, 3.8) is 0 Å². The van der Waals surface area contributed by atoms with Crippen LogP contribution in [0.2, 0.25) is 0 Å². The SMILES string of the molecule is N=C(N)NC(=N)N.N=C(N=C(N)N)N=C(N)N.NC(N)=NNC(N)N. The second kappa shape index (κ2) is 14.9. The molecule has 144 valence electrons. The van der Waals surface area contributed by atoms with E-state index in [1.54, 1.807) is 0 Å². The Kier molecular flexibility index (Phi) is 15.4. The summed E-state index contributed by atoms with van der Waals surface area (Å²) in [5, 5.41) is 25.1. The zero-order chi connectivity index (χ0) is 20.6. The Labute approximate surface area is 142 Å². The van der Waals surface area contributed by atoms with Gasteiger partial charge in [0.25, 0.3) is 0 Å². The fourth-order valence-electron chi connectivity index (χ4n) is 0.564. The first kappa shape index (κ1) is 25.9. The number of nitrogens with zero attached hydrogens (tertiary/aromatic N) is 3. The van der Waals surface area contributed by atoms with Gasteiger partial charge in [-0.25, -0.2) is 0 Å². The molecule has 18 nitrogen and oxygen atoms in total. The van der Waals surface area contributed by atoms with Crippen molar-refractivity contribution in [2.45, 2.75) is 6.29 Å². The van der Waals surface area contributed by atoms with Gasteiger partial charge in [-0.3, -0.25) is 38.4 Å². The lowest BCUT2D eigenvalue weighted by molar-refractivity contribution is 0.569. The van der Waals surface area contributed by atoms with Gasteiger partial charge < -0.3 is 45.9 Å². The molecule has 0 aliphatic carbocycles. The molecule has 0 saturated heterocycles. The monoisotopic (exact) mass is 362 g/mol. The molecule has 0 aromatic carbocycles. The van der Waals surface area contributed by atoms with Crippen LogP contribution in [0.4, 0.5) is 0 Å². The van der Waals surface area contributed by atoms with Crippen LogP contribution in [0.5, 0.6) is 0 Å². The summed E-state index contributed by atoms with van der Waals surface area (Å²) in [5.41, 5.74) is 51.1. The van der Waals surface area contributed by atoms with Crippen LogP contribution < -0.4 is 68.1 Å². The Morgan fingerprint density at radius 3 is 1.16 bits per heavy atom. The second-order valence-corrected chi connectivity index (χ2v) is 3.54. The number of hydrogen-bond acceptors (Lipinski definition) is 7. The molecule has 25 N–H and O–H groups in total. The molecule has 25 heavy (non-hydrogen) atoms. The van der Waals surface area contributed by atoms with Gasteiger partial charge in [0.2, 0.25) is 11.9 Å². The average molecular weight is 362 g/mol. The highest BCUT2D eigenvalue weighted by molar-refractivity contribution is 5.98. The van der Waals surface area contributed by atoms with E-state index in [2.05, 4.69) is 20.5 Å². The summed E-state index contributed by atoms with van der Waals surface area (Å²) < 4.78 is 0. The lowest BCUT2D eigenvalue weighted by atomic mass is 10.9. The minimum Gasteiger partial charge on any atom is -0.370 e. The van der Waals surface area contributed by atoms with E-state index in [-0.39, 0.29) is 29.8 Å². The van der Waals surface area contributed by atoms with Crippen LogP contribution in [0.3, 0.4) is 0 Å². The maximum atomic E-state index is 6.85. The van der Waals surface area contributed by atoms with Crippen molar-refractivity contribution in [3.8, 4) is 0 Å². The van der Waals surface area contributed by atoms with E-state index in [1.807, 2.05) is 5.32 Å². The highest BCUT2D eigenvalue weighted by Crippen LogP contribution is 1.74. The summed E-state index contributed by atoms with van der Waals surface area (Å²) in [6.45, 7) is 0. The van der Waals surface area contributed by atoms with Crippen molar-refractivity contribution in [1.82, 2.24) is 10.7 Å². The summed E-state index contributed by atoms with van der Waals surface area (Å²) in [5.74, 6) is -1.64. The summed E-state index contributed by atoms with van der Waals surface area (Å²) >= 11 is 0. The van der Waals surface area contributed by atoms with Crippen LogP contribution in [0.25, 0.3) is 0 Å². The van der Waals surface area contributed by atoms with Gasteiger partial charge in [0.1, 0.15) is 6.29 Å². The smallest absolute Gasteiger partial charge is 0.248 e. The Hall–Kier alpha value is -4.06. The van der Waals surface area contributed by atoms with Crippen molar-refractivity contribution < 1.29 is 0 Å². The van der Waals surface area contributed by atoms with E-state index in [1.165, 1.54) is 0 Å². The van der Waals surface area contributed by atoms with E-state index in [0.29, 0.717) is 0 Å². The molecule has 0 bridgehead atoms. The Morgan fingerprint density at radius 2 is 1.04 bits per heavy atom. The van der Waals surface area contributed by atoms with Crippen molar-refractivity contribution in [3.05, 3.63) is 0 Å². The first-order valence-corrected chi connectivity index (χ1v) is 5.86. The molecule has 0 rings (SSSR count). The minimum atomic E-state index is -0.711. The van der Waals surface area contributed by atoms with E-state index in [9.17, 15) is 0 Å². The van der Waals surface area contributed by atoms with Gasteiger partial charge in [0.15, 0.2) is 23.8 Å². The van der Waals surface area contributed by atoms with Crippen LogP contribution in [-0.4, -0.2) is 42.0 Å². The highest BCUT2D eigenvalue weighted by atomic mass is 15.4. The van der Waals surface area contributed by atoms with Gasteiger partial charge in [-0.15, -0.1) is 5.10 Å². The number of hydrogen-bond donors (Lipinski definition) is 15. The molecular formula is C7H26N18. The first-order chi connectivity index (χ1) is 11.3. The number of rotatable bonds is 2. The molecular weight excluding hydrogens is 336 g/mol. The fourth-order valence-corrected chi connectivity index (χ4v) is 0.564. The van der Waals surface area contributed by atoms with Crippen LogP contribution in [0, 0.1) is 16.2 Å². The van der Waals surface area contributed by atoms with Crippen molar-refractivity contribution in [2.75, 3.05) is 0 Å². The van der Waals surface area contributed by atoms with Crippen LogP contribution in [0.1, 0.15) is 0 Å². The Balaban J connectivity index is -0.000000296. The van der Waals surface area contributed by atoms with Crippen LogP contribution in [-0.2, 0) is 0 Å². The maximum Gasteiger partial charge on any atom is 0.248 e. The lowest BCUT2D eigenvalue weighted by Gasteiger charge is -2.01. The molecule has 0 unspecified atom stereocenters. The number of aliphatic imine (C=N–C) groups is 2. The summed E-state index contributed by atoms with van der Waals surface area (Å²) in [4.78, 5) is 6.45. The molecule has 0 fully saturated rings. The molecule has 0 atom stereocenters. The van der Waals surface area contributed by atoms with Crippen LogP contribution >= 0.6 is 0 Å².